The van der Waals surface area contributed by atoms with Crippen LogP contribution in [0.15, 0.2) is 0 Å². The van der Waals surface area contributed by atoms with Crippen LogP contribution < -0.4 is 0 Å². The zero-order valence-electron chi connectivity index (χ0n) is 10.3. The number of rotatable bonds is 0. The summed E-state index contributed by atoms with van der Waals surface area (Å²) in [6, 6.07) is 2.86. The Morgan fingerprint density at radius 2 is 1.56 bits per heavy atom. The molecule has 0 aromatic heterocycles. The molecule has 0 amide bonds. The first kappa shape index (κ1) is 9.90. The van der Waals surface area contributed by atoms with E-state index in [0.29, 0.717) is 0 Å². The number of nitrogens with zero attached hydrogens (tertiary/aromatic N) is 2. The van der Waals surface area contributed by atoms with Gasteiger partial charge in [-0.25, -0.2) is 0 Å². The third-order valence-electron chi connectivity index (χ3n) is 5.68. The fourth-order valence-electron chi connectivity index (χ4n) is 5.06. The lowest BCUT2D eigenvalue weighted by Crippen LogP contribution is -2.53. The highest BCUT2D eigenvalue weighted by Crippen LogP contribution is 2.44. The topological polar surface area (TPSA) is 6.48 Å². The van der Waals surface area contributed by atoms with Gasteiger partial charge in [0.05, 0.1) is 0 Å². The number of hydrogen-bond donors (Lipinski definition) is 0. The van der Waals surface area contributed by atoms with Crippen molar-refractivity contribution in [2.45, 2.75) is 63.1 Å². The molecule has 4 aliphatic heterocycles. The van der Waals surface area contributed by atoms with Gasteiger partial charge in [-0.05, 0) is 51.1 Å². The van der Waals surface area contributed by atoms with E-state index in [-0.39, 0.29) is 0 Å². The molecule has 0 aliphatic carbocycles. The molecule has 16 heavy (non-hydrogen) atoms. The molecule has 0 aromatic rings. The minimum Gasteiger partial charge on any atom is -0.298 e. The molecule has 2 nitrogen and oxygen atoms in total. The van der Waals surface area contributed by atoms with Gasteiger partial charge in [0.15, 0.2) is 0 Å². The zero-order chi connectivity index (χ0) is 10.5. The minimum atomic E-state index is 0.938. The summed E-state index contributed by atoms with van der Waals surface area (Å²) in [5.74, 6) is 1.03. The summed E-state index contributed by atoms with van der Waals surface area (Å²) in [7, 11) is 0. The Labute approximate surface area is 99.0 Å². The highest BCUT2D eigenvalue weighted by molar-refractivity contribution is 5.06. The van der Waals surface area contributed by atoms with Crippen LogP contribution >= 0.6 is 0 Å². The summed E-state index contributed by atoms with van der Waals surface area (Å²) in [6.45, 7) is 4.25. The Bertz CT molecular complexity index is 272. The van der Waals surface area contributed by atoms with Crippen LogP contribution in [-0.2, 0) is 0 Å². The van der Waals surface area contributed by atoms with Gasteiger partial charge in [-0.2, -0.15) is 0 Å². The maximum absolute atomic E-state index is 2.92. The maximum atomic E-state index is 2.92. The number of hydrogen-bond acceptors (Lipinski definition) is 2. The molecule has 4 fully saturated rings. The SMILES string of the molecule is C1CCN2C[C@@H]3C[C@@H]([C@@H]2C1)N1CCCC[C@@H]31. The normalized spacial score (nSPS) is 48.8. The quantitative estimate of drug-likeness (QED) is 0.617. The molecule has 4 atom stereocenters. The largest absolute Gasteiger partial charge is 0.298 e. The average molecular weight is 220 g/mol. The van der Waals surface area contributed by atoms with E-state index >= 15 is 0 Å². The molecule has 4 heterocycles. The Hall–Kier alpha value is -0.0800. The van der Waals surface area contributed by atoms with Gasteiger partial charge >= 0.3 is 0 Å². The van der Waals surface area contributed by atoms with Crippen molar-refractivity contribution in [3.05, 3.63) is 0 Å². The third kappa shape index (κ3) is 1.32. The fraction of sp³-hybridized carbons (Fsp3) is 1.00. The fourth-order valence-corrected chi connectivity index (χ4v) is 5.06. The van der Waals surface area contributed by atoms with E-state index < -0.39 is 0 Å². The lowest BCUT2D eigenvalue weighted by Gasteiger charge is -2.44. The van der Waals surface area contributed by atoms with Crippen molar-refractivity contribution in [3.8, 4) is 0 Å². The molecule has 0 radical (unpaired) electrons. The van der Waals surface area contributed by atoms with Crippen LogP contribution in [0.25, 0.3) is 0 Å². The van der Waals surface area contributed by atoms with Gasteiger partial charge in [-0.1, -0.05) is 12.8 Å². The van der Waals surface area contributed by atoms with Gasteiger partial charge in [0.25, 0.3) is 0 Å². The molecule has 2 bridgehead atoms. The van der Waals surface area contributed by atoms with Crippen molar-refractivity contribution < 1.29 is 0 Å². The van der Waals surface area contributed by atoms with E-state index in [2.05, 4.69) is 9.80 Å². The molecular weight excluding hydrogens is 196 g/mol. The summed E-state index contributed by atoms with van der Waals surface area (Å²) < 4.78 is 0. The summed E-state index contributed by atoms with van der Waals surface area (Å²) >= 11 is 0. The van der Waals surface area contributed by atoms with E-state index in [0.717, 1.165) is 24.0 Å². The van der Waals surface area contributed by atoms with Gasteiger partial charge < -0.3 is 0 Å². The minimum absolute atomic E-state index is 0.938. The second kappa shape index (κ2) is 3.71. The molecular formula is C14H24N2. The van der Waals surface area contributed by atoms with Gasteiger partial charge in [-0.15, -0.1) is 0 Å². The lowest BCUT2D eigenvalue weighted by molar-refractivity contribution is 0.0531. The highest BCUT2D eigenvalue weighted by Gasteiger charge is 2.50. The van der Waals surface area contributed by atoms with Crippen LogP contribution in [-0.4, -0.2) is 47.6 Å². The van der Waals surface area contributed by atoms with Crippen molar-refractivity contribution in [2.24, 2.45) is 5.92 Å². The van der Waals surface area contributed by atoms with Crippen LogP contribution in [0.3, 0.4) is 0 Å². The molecule has 4 aliphatic rings. The molecule has 0 spiro atoms. The van der Waals surface area contributed by atoms with Gasteiger partial charge in [0, 0.05) is 24.7 Å². The average Bonchev–Trinajstić information content (AvgIpc) is 2.65. The Morgan fingerprint density at radius 1 is 0.750 bits per heavy atom. The molecule has 0 aromatic carbocycles. The van der Waals surface area contributed by atoms with Crippen molar-refractivity contribution >= 4 is 0 Å². The van der Waals surface area contributed by atoms with Crippen molar-refractivity contribution in [2.75, 3.05) is 19.6 Å². The van der Waals surface area contributed by atoms with Crippen LogP contribution in [0.5, 0.6) is 0 Å². The summed E-state index contributed by atoms with van der Waals surface area (Å²) in [5, 5.41) is 0. The summed E-state index contributed by atoms with van der Waals surface area (Å²) in [4.78, 5) is 5.77. The first-order valence-electron chi connectivity index (χ1n) is 7.43. The predicted molar refractivity (Wildman–Crippen MR) is 65.5 cm³/mol. The van der Waals surface area contributed by atoms with Crippen molar-refractivity contribution in [1.29, 1.82) is 0 Å². The third-order valence-corrected chi connectivity index (χ3v) is 5.68. The lowest BCUT2D eigenvalue weighted by atomic mass is 9.85. The van der Waals surface area contributed by atoms with Gasteiger partial charge in [0.2, 0.25) is 0 Å². The van der Waals surface area contributed by atoms with Crippen LogP contribution in [0.2, 0.25) is 0 Å². The number of fused-ring (bicyclic) bond motifs is 7. The van der Waals surface area contributed by atoms with Crippen molar-refractivity contribution in [3.63, 3.8) is 0 Å². The van der Waals surface area contributed by atoms with E-state index in [4.69, 9.17) is 0 Å². The van der Waals surface area contributed by atoms with E-state index in [1.54, 1.807) is 0 Å². The predicted octanol–water partition coefficient (Wildman–Crippen LogP) is 2.10. The van der Waals surface area contributed by atoms with Gasteiger partial charge in [-0.3, -0.25) is 9.80 Å². The van der Waals surface area contributed by atoms with E-state index in [1.165, 1.54) is 64.6 Å². The Morgan fingerprint density at radius 3 is 2.50 bits per heavy atom. The van der Waals surface area contributed by atoms with Crippen LogP contribution in [0.1, 0.15) is 44.9 Å². The molecule has 90 valence electrons. The first-order valence-corrected chi connectivity index (χ1v) is 7.43. The smallest absolute Gasteiger partial charge is 0.0258 e. The van der Waals surface area contributed by atoms with Gasteiger partial charge in [0.1, 0.15) is 0 Å². The first-order chi connectivity index (χ1) is 7.93. The molecule has 0 N–H and O–H groups in total. The molecule has 2 heteroatoms. The van der Waals surface area contributed by atoms with Crippen LogP contribution in [0.4, 0.5) is 0 Å². The second-order valence-corrected chi connectivity index (χ2v) is 6.42. The maximum Gasteiger partial charge on any atom is 0.0258 e. The monoisotopic (exact) mass is 220 g/mol. The zero-order valence-corrected chi connectivity index (χ0v) is 10.3. The standard InChI is InChI=1S/C14H24N2/c1-3-7-15-10-11-9-14(13(15)6-1)16-8-4-2-5-12(11)16/h11-14H,1-10H2/t11-,12-,13-,14-/m0/s1. The van der Waals surface area contributed by atoms with Crippen LogP contribution in [0, 0.1) is 5.92 Å². The van der Waals surface area contributed by atoms with Crippen molar-refractivity contribution in [1.82, 2.24) is 9.80 Å². The molecule has 4 saturated heterocycles. The molecule has 0 unspecified atom stereocenters. The van der Waals surface area contributed by atoms with E-state index in [9.17, 15) is 0 Å². The molecule has 4 rings (SSSR count). The second-order valence-electron chi connectivity index (χ2n) is 6.42. The van der Waals surface area contributed by atoms with E-state index in [1.807, 2.05) is 0 Å². The summed E-state index contributed by atoms with van der Waals surface area (Å²) in [5.41, 5.74) is 0. The molecule has 0 saturated carbocycles. The Balaban J connectivity index is 1.62. The summed E-state index contributed by atoms with van der Waals surface area (Å²) in [6.07, 6.45) is 10.4. The number of piperidine rings is 3. The highest BCUT2D eigenvalue weighted by atomic mass is 15.3. The Kier molecular flexibility index (Phi) is 2.29.